The Balaban J connectivity index is 1.43. The quantitative estimate of drug-likeness (QED) is 0.346. The Kier molecular flexibility index (Phi) is 6.82. The van der Waals surface area contributed by atoms with Crippen LogP contribution in [0.3, 0.4) is 0 Å². The molecule has 0 amide bonds. The first kappa shape index (κ1) is 23.3. The number of aryl methyl sites for hydroxylation is 1. The summed E-state index contributed by atoms with van der Waals surface area (Å²) in [6, 6.07) is 11.1. The maximum Gasteiger partial charge on any atom is 0.573 e. The van der Waals surface area contributed by atoms with Crippen LogP contribution in [0.4, 0.5) is 19.0 Å². The number of benzene rings is 1. The smallest absolute Gasteiger partial charge is 0.406 e. The van der Waals surface area contributed by atoms with Gasteiger partial charge in [-0.1, -0.05) is 11.2 Å². The first-order valence-corrected chi connectivity index (χ1v) is 10.4. The molecule has 0 bridgehead atoms. The molecular formula is C23H22F3N5O3. The summed E-state index contributed by atoms with van der Waals surface area (Å²) in [4.78, 5) is 8.79. The highest BCUT2D eigenvalue weighted by Gasteiger charge is 2.31. The number of anilines is 1. The summed E-state index contributed by atoms with van der Waals surface area (Å²) in [5.74, 6) is 1.03. The van der Waals surface area contributed by atoms with Gasteiger partial charge in [-0.3, -0.25) is 0 Å². The van der Waals surface area contributed by atoms with Gasteiger partial charge >= 0.3 is 6.36 Å². The third kappa shape index (κ3) is 5.93. The number of ether oxygens (including phenoxy) is 2. The van der Waals surface area contributed by atoms with Crippen molar-refractivity contribution in [2.75, 3.05) is 25.6 Å². The van der Waals surface area contributed by atoms with Crippen molar-refractivity contribution in [1.82, 2.24) is 19.7 Å². The number of pyridine rings is 1. The maximum atomic E-state index is 12.3. The van der Waals surface area contributed by atoms with Crippen LogP contribution in [0.2, 0.25) is 0 Å². The molecule has 4 rings (SSSR count). The highest BCUT2D eigenvalue weighted by Crippen LogP contribution is 2.27. The minimum absolute atomic E-state index is 0.264. The van der Waals surface area contributed by atoms with Crippen LogP contribution in [-0.4, -0.2) is 46.3 Å². The van der Waals surface area contributed by atoms with Crippen molar-refractivity contribution in [1.29, 1.82) is 0 Å². The molecule has 8 nitrogen and oxygen atoms in total. The van der Waals surface area contributed by atoms with Gasteiger partial charge in [0.1, 0.15) is 11.6 Å². The standard InChI is InChI=1S/C23H22F3N5O3/c1-15-11-18(14-31(15)13-16-3-8-20(28-12-16)27-9-10-32-2)22-29-21(30-34-22)17-4-6-19(7-5-17)33-23(24,25)26/h3-8,11-12,14H,9-10,13H2,1-2H3,(H,27,28). The summed E-state index contributed by atoms with van der Waals surface area (Å²) in [5.41, 5.74) is 3.26. The lowest BCUT2D eigenvalue weighted by Gasteiger charge is -2.08. The third-order valence-corrected chi connectivity index (χ3v) is 4.92. The van der Waals surface area contributed by atoms with Crippen molar-refractivity contribution in [2.45, 2.75) is 19.8 Å². The van der Waals surface area contributed by atoms with Gasteiger partial charge in [-0.05, 0) is 48.9 Å². The molecule has 0 saturated carbocycles. The van der Waals surface area contributed by atoms with E-state index in [9.17, 15) is 13.2 Å². The number of rotatable bonds is 9. The second-order valence-corrected chi connectivity index (χ2v) is 7.46. The molecule has 11 heteroatoms. The predicted molar refractivity (Wildman–Crippen MR) is 118 cm³/mol. The van der Waals surface area contributed by atoms with E-state index in [1.807, 2.05) is 42.1 Å². The number of nitrogens with zero attached hydrogens (tertiary/aromatic N) is 4. The molecule has 0 saturated heterocycles. The zero-order valence-electron chi connectivity index (χ0n) is 18.5. The van der Waals surface area contributed by atoms with Crippen LogP contribution >= 0.6 is 0 Å². The Labute approximate surface area is 193 Å². The molecule has 0 spiro atoms. The Bertz CT molecular complexity index is 1220. The number of hydrogen-bond acceptors (Lipinski definition) is 7. The van der Waals surface area contributed by atoms with Gasteiger partial charge in [-0.25, -0.2) is 4.98 Å². The highest BCUT2D eigenvalue weighted by atomic mass is 19.4. The Hall–Kier alpha value is -3.86. The number of halogens is 3. The van der Waals surface area contributed by atoms with Crippen LogP contribution in [0, 0.1) is 6.92 Å². The van der Waals surface area contributed by atoms with Crippen LogP contribution in [-0.2, 0) is 11.3 Å². The van der Waals surface area contributed by atoms with Crippen molar-refractivity contribution < 1.29 is 27.2 Å². The number of nitrogens with one attached hydrogen (secondary N) is 1. The molecule has 0 aliphatic carbocycles. The molecule has 3 heterocycles. The van der Waals surface area contributed by atoms with E-state index < -0.39 is 6.36 Å². The van der Waals surface area contributed by atoms with Gasteiger partial charge in [0.15, 0.2) is 0 Å². The first-order chi connectivity index (χ1) is 16.3. The zero-order valence-corrected chi connectivity index (χ0v) is 18.5. The lowest BCUT2D eigenvalue weighted by molar-refractivity contribution is -0.274. The molecule has 0 atom stereocenters. The summed E-state index contributed by atoms with van der Waals surface area (Å²) in [7, 11) is 1.65. The van der Waals surface area contributed by atoms with Crippen LogP contribution in [0.1, 0.15) is 11.3 Å². The second-order valence-electron chi connectivity index (χ2n) is 7.46. The normalized spacial score (nSPS) is 11.6. The Morgan fingerprint density at radius 3 is 2.56 bits per heavy atom. The molecule has 34 heavy (non-hydrogen) atoms. The minimum Gasteiger partial charge on any atom is -0.406 e. The third-order valence-electron chi connectivity index (χ3n) is 4.92. The van der Waals surface area contributed by atoms with Gasteiger partial charge in [0.05, 0.1) is 12.2 Å². The molecule has 3 aromatic heterocycles. The van der Waals surface area contributed by atoms with E-state index in [1.54, 1.807) is 7.11 Å². The lowest BCUT2D eigenvalue weighted by atomic mass is 10.2. The monoisotopic (exact) mass is 473 g/mol. The van der Waals surface area contributed by atoms with E-state index in [2.05, 4.69) is 25.2 Å². The van der Waals surface area contributed by atoms with Crippen molar-refractivity contribution in [3.63, 3.8) is 0 Å². The van der Waals surface area contributed by atoms with Crippen molar-refractivity contribution in [3.8, 4) is 28.6 Å². The maximum absolute atomic E-state index is 12.3. The van der Waals surface area contributed by atoms with Crippen molar-refractivity contribution in [3.05, 3.63) is 66.1 Å². The van der Waals surface area contributed by atoms with Gasteiger partial charge in [0, 0.05) is 43.9 Å². The van der Waals surface area contributed by atoms with Gasteiger partial charge in [0.25, 0.3) is 5.89 Å². The van der Waals surface area contributed by atoms with E-state index >= 15 is 0 Å². The number of aromatic nitrogens is 4. The zero-order chi connectivity index (χ0) is 24.1. The number of methoxy groups -OCH3 is 1. The SMILES string of the molecule is COCCNc1ccc(Cn2cc(-c3nc(-c4ccc(OC(F)(F)F)cc4)no3)cc2C)cn1. The molecular weight excluding hydrogens is 451 g/mol. The van der Waals surface area contributed by atoms with Gasteiger partial charge in [-0.2, -0.15) is 4.98 Å². The predicted octanol–water partition coefficient (Wildman–Crippen LogP) is 4.91. The van der Waals surface area contributed by atoms with E-state index in [1.165, 1.54) is 24.3 Å². The molecule has 0 radical (unpaired) electrons. The molecule has 0 fully saturated rings. The van der Waals surface area contributed by atoms with Crippen LogP contribution in [0.25, 0.3) is 22.8 Å². The molecule has 0 aliphatic heterocycles. The number of hydrogen-bond donors (Lipinski definition) is 1. The van der Waals surface area contributed by atoms with Crippen molar-refractivity contribution in [2.24, 2.45) is 0 Å². The molecule has 1 aromatic carbocycles. The number of alkyl halides is 3. The molecule has 4 aromatic rings. The van der Waals surface area contributed by atoms with Crippen LogP contribution in [0.15, 0.2) is 59.4 Å². The topological polar surface area (TPSA) is 87.2 Å². The summed E-state index contributed by atoms with van der Waals surface area (Å²) in [6.45, 7) is 3.86. The van der Waals surface area contributed by atoms with Gasteiger partial charge < -0.3 is 23.9 Å². The Morgan fingerprint density at radius 1 is 1.09 bits per heavy atom. The fourth-order valence-electron chi connectivity index (χ4n) is 3.27. The van der Waals surface area contributed by atoms with E-state index in [4.69, 9.17) is 9.26 Å². The average molecular weight is 473 g/mol. The van der Waals surface area contributed by atoms with Crippen molar-refractivity contribution >= 4 is 5.82 Å². The highest BCUT2D eigenvalue weighted by molar-refractivity contribution is 5.60. The fourth-order valence-corrected chi connectivity index (χ4v) is 3.27. The van der Waals surface area contributed by atoms with E-state index in [-0.39, 0.29) is 11.6 Å². The van der Waals surface area contributed by atoms with Gasteiger partial charge in [0.2, 0.25) is 5.82 Å². The van der Waals surface area contributed by atoms with Crippen LogP contribution < -0.4 is 10.1 Å². The average Bonchev–Trinajstić information content (AvgIpc) is 3.42. The summed E-state index contributed by atoms with van der Waals surface area (Å²) >= 11 is 0. The summed E-state index contributed by atoms with van der Waals surface area (Å²) in [6.07, 6.45) is -1.03. The van der Waals surface area contributed by atoms with Gasteiger partial charge in [-0.15, -0.1) is 13.2 Å². The van der Waals surface area contributed by atoms with Crippen LogP contribution in [0.5, 0.6) is 5.75 Å². The molecule has 178 valence electrons. The molecule has 0 aliphatic rings. The Morgan fingerprint density at radius 2 is 1.88 bits per heavy atom. The minimum atomic E-state index is -4.75. The largest absolute Gasteiger partial charge is 0.573 e. The molecule has 1 N–H and O–H groups in total. The fraction of sp³-hybridized carbons (Fsp3) is 0.261. The summed E-state index contributed by atoms with van der Waals surface area (Å²) < 4.78 is 53.3. The first-order valence-electron chi connectivity index (χ1n) is 10.4. The second kappa shape index (κ2) is 9.96. The van der Waals surface area contributed by atoms with E-state index in [0.717, 1.165) is 22.6 Å². The lowest BCUT2D eigenvalue weighted by Crippen LogP contribution is -2.16. The summed E-state index contributed by atoms with van der Waals surface area (Å²) in [5, 5.41) is 7.12. The molecule has 0 unspecified atom stereocenters. The van der Waals surface area contributed by atoms with E-state index in [0.29, 0.717) is 31.2 Å².